The van der Waals surface area contributed by atoms with Gasteiger partial charge in [-0.2, -0.15) is 0 Å². The molecule has 0 aromatic heterocycles. The van der Waals surface area contributed by atoms with Gasteiger partial charge in [0.15, 0.2) is 0 Å². The number of carbonyl (C=O) groups is 2. The van der Waals surface area contributed by atoms with Crippen LogP contribution in [0.3, 0.4) is 0 Å². The molecule has 0 aliphatic carbocycles. The quantitative estimate of drug-likeness (QED) is 0.713. The summed E-state index contributed by atoms with van der Waals surface area (Å²) in [4.78, 5) is 23.0. The van der Waals surface area contributed by atoms with Gasteiger partial charge in [0, 0.05) is 5.54 Å². The lowest BCUT2D eigenvalue weighted by Crippen LogP contribution is -2.48. The van der Waals surface area contributed by atoms with E-state index in [-0.39, 0.29) is 18.0 Å². The first-order valence-electron chi connectivity index (χ1n) is 7.09. The maximum absolute atomic E-state index is 11.8. The average Bonchev–Trinajstić information content (AvgIpc) is 2.41. The highest BCUT2D eigenvalue weighted by Crippen LogP contribution is 2.05. The molecule has 0 heterocycles. The summed E-state index contributed by atoms with van der Waals surface area (Å²) in [6, 6.07) is 8.77. The summed E-state index contributed by atoms with van der Waals surface area (Å²) in [7, 11) is 0. The summed E-state index contributed by atoms with van der Waals surface area (Å²) >= 11 is 0. The average molecular weight is 292 g/mol. The Bertz CT molecular complexity index is 466. The van der Waals surface area contributed by atoms with Crippen molar-refractivity contribution in [1.82, 2.24) is 10.6 Å². The van der Waals surface area contributed by atoms with Gasteiger partial charge in [-0.25, -0.2) is 4.79 Å². The van der Waals surface area contributed by atoms with Crippen molar-refractivity contribution in [2.75, 3.05) is 6.54 Å². The fourth-order valence-electron chi connectivity index (χ4n) is 1.80. The van der Waals surface area contributed by atoms with Crippen LogP contribution >= 0.6 is 0 Å². The van der Waals surface area contributed by atoms with Gasteiger partial charge in [-0.1, -0.05) is 30.3 Å². The highest BCUT2D eigenvalue weighted by molar-refractivity contribution is 5.84. The minimum Gasteiger partial charge on any atom is -0.480 e. The third kappa shape index (κ3) is 7.46. The Labute approximate surface area is 125 Å². The lowest BCUT2D eigenvalue weighted by atomic mass is 10.1. The zero-order valence-electron chi connectivity index (χ0n) is 12.8. The Hall–Kier alpha value is -1.88. The van der Waals surface area contributed by atoms with Crippen molar-refractivity contribution >= 4 is 11.9 Å². The first-order chi connectivity index (χ1) is 9.78. The molecule has 5 heteroatoms. The molecular weight excluding hydrogens is 268 g/mol. The number of aliphatic carboxylic acids is 1. The van der Waals surface area contributed by atoms with E-state index in [0.717, 1.165) is 5.56 Å². The summed E-state index contributed by atoms with van der Waals surface area (Å²) in [6.45, 7) is 5.96. The highest BCUT2D eigenvalue weighted by Gasteiger charge is 2.20. The van der Waals surface area contributed by atoms with Crippen molar-refractivity contribution < 1.29 is 14.7 Å². The van der Waals surface area contributed by atoms with E-state index in [1.807, 2.05) is 51.1 Å². The fourth-order valence-corrected chi connectivity index (χ4v) is 1.80. The van der Waals surface area contributed by atoms with Crippen molar-refractivity contribution in [2.24, 2.45) is 0 Å². The van der Waals surface area contributed by atoms with Crippen LogP contribution in [0.5, 0.6) is 0 Å². The van der Waals surface area contributed by atoms with Gasteiger partial charge < -0.3 is 15.7 Å². The van der Waals surface area contributed by atoms with Gasteiger partial charge in [0.2, 0.25) is 5.91 Å². The molecule has 0 aliphatic heterocycles. The van der Waals surface area contributed by atoms with E-state index in [9.17, 15) is 14.7 Å². The minimum atomic E-state index is -1.00. The van der Waals surface area contributed by atoms with Crippen LogP contribution in [0.25, 0.3) is 0 Å². The number of nitrogens with one attached hydrogen (secondary N) is 2. The molecule has 1 aromatic carbocycles. The number of rotatable bonds is 7. The first-order valence-corrected chi connectivity index (χ1v) is 7.09. The van der Waals surface area contributed by atoms with Crippen molar-refractivity contribution in [3.05, 3.63) is 35.9 Å². The minimum absolute atomic E-state index is 0.110. The van der Waals surface area contributed by atoms with Gasteiger partial charge in [-0.15, -0.1) is 0 Å². The SMILES string of the molecule is CC(C)(C)NCC(=O)N[C@@H](CCc1ccccc1)C(=O)O. The molecule has 0 spiro atoms. The van der Waals surface area contributed by atoms with E-state index in [1.54, 1.807) is 0 Å². The van der Waals surface area contributed by atoms with Crippen molar-refractivity contribution in [1.29, 1.82) is 0 Å². The van der Waals surface area contributed by atoms with Gasteiger partial charge in [0.25, 0.3) is 0 Å². The maximum atomic E-state index is 11.8. The smallest absolute Gasteiger partial charge is 0.326 e. The molecule has 1 atom stereocenters. The van der Waals surface area contributed by atoms with Crippen LogP contribution in [-0.2, 0) is 16.0 Å². The molecule has 1 amide bonds. The molecule has 5 nitrogen and oxygen atoms in total. The Morgan fingerprint density at radius 1 is 1.19 bits per heavy atom. The lowest BCUT2D eigenvalue weighted by Gasteiger charge is -2.21. The van der Waals surface area contributed by atoms with Gasteiger partial charge in [-0.3, -0.25) is 4.79 Å². The number of carboxylic acid groups (broad SMARTS) is 1. The predicted octanol–water partition coefficient (Wildman–Crippen LogP) is 1.58. The largest absolute Gasteiger partial charge is 0.480 e. The topological polar surface area (TPSA) is 78.4 Å². The fraction of sp³-hybridized carbons (Fsp3) is 0.500. The van der Waals surface area contributed by atoms with Crippen LogP contribution in [0.4, 0.5) is 0 Å². The highest BCUT2D eigenvalue weighted by atomic mass is 16.4. The van der Waals surface area contributed by atoms with Gasteiger partial charge in [-0.05, 0) is 39.2 Å². The third-order valence-electron chi connectivity index (χ3n) is 2.98. The van der Waals surface area contributed by atoms with Crippen molar-refractivity contribution in [3.8, 4) is 0 Å². The number of hydrogen-bond acceptors (Lipinski definition) is 3. The zero-order chi connectivity index (χ0) is 15.9. The number of amides is 1. The first kappa shape index (κ1) is 17.2. The lowest BCUT2D eigenvalue weighted by molar-refractivity contribution is -0.141. The van der Waals surface area contributed by atoms with E-state index in [4.69, 9.17) is 0 Å². The van der Waals surface area contributed by atoms with E-state index in [0.29, 0.717) is 12.8 Å². The third-order valence-corrected chi connectivity index (χ3v) is 2.98. The van der Waals surface area contributed by atoms with Crippen LogP contribution in [-0.4, -0.2) is 35.1 Å². The molecular formula is C16H24N2O3. The monoisotopic (exact) mass is 292 g/mol. The van der Waals surface area contributed by atoms with Crippen molar-refractivity contribution in [2.45, 2.75) is 45.2 Å². The van der Waals surface area contributed by atoms with E-state index < -0.39 is 12.0 Å². The van der Waals surface area contributed by atoms with Gasteiger partial charge in [0.05, 0.1) is 6.54 Å². The molecule has 0 fully saturated rings. The summed E-state index contributed by atoms with van der Waals surface area (Å²) in [5.41, 5.74) is 0.880. The Balaban J connectivity index is 2.46. The van der Waals surface area contributed by atoms with E-state index in [1.165, 1.54) is 0 Å². The normalized spacial score (nSPS) is 12.7. The molecule has 3 N–H and O–H groups in total. The predicted molar refractivity (Wildman–Crippen MR) is 82.1 cm³/mol. The zero-order valence-corrected chi connectivity index (χ0v) is 12.8. The number of benzene rings is 1. The van der Waals surface area contributed by atoms with Gasteiger partial charge in [0.1, 0.15) is 6.04 Å². The van der Waals surface area contributed by atoms with Crippen LogP contribution in [0.15, 0.2) is 30.3 Å². The van der Waals surface area contributed by atoms with Crippen molar-refractivity contribution in [3.63, 3.8) is 0 Å². The molecule has 1 aromatic rings. The summed E-state index contributed by atoms with van der Waals surface area (Å²) in [5.74, 6) is -1.31. The molecule has 0 bridgehead atoms. The summed E-state index contributed by atoms with van der Waals surface area (Å²) in [5, 5.41) is 14.8. The summed E-state index contributed by atoms with van der Waals surface area (Å²) < 4.78 is 0. The molecule has 0 aliphatic rings. The van der Waals surface area contributed by atoms with E-state index in [2.05, 4.69) is 10.6 Å². The number of carbonyl (C=O) groups excluding carboxylic acids is 1. The number of aryl methyl sites for hydroxylation is 1. The number of carboxylic acids is 1. The second-order valence-electron chi connectivity index (χ2n) is 6.09. The van der Waals surface area contributed by atoms with Crippen LogP contribution < -0.4 is 10.6 Å². The Morgan fingerprint density at radius 3 is 2.33 bits per heavy atom. The van der Waals surface area contributed by atoms with Crippen LogP contribution in [0, 0.1) is 0 Å². The Morgan fingerprint density at radius 2 is 1.81 bits per heavy atom. The second-order valence-corrected chi connectivity index (χ2v) is 6.09. The Kier molecular flexibility index (Phi) is 6.37. The maximum Gasteiger partial charge on any atom is 0.326 e. The van der Waals surface area contributed by atoms with Gasteiger partial charge >= 0.3 is 5.97 Å². The summed E-state index contributed by atoms with van der Waals surface area (Å²) in [6.07, 6.45) is 0.991. The van der Waals surface area contributed by atoms with Crippen LogP contribution in [0.2, 0.25) is 0 Å². The molecule has 0 unspecified atom stereocenters. The standard InChI is InChI=1S/C16H24N2O3/c1-16(2,3)17-11-14(19)18-13(15(20)21)10-9-12-7-5-4-6-8-12/h4-8,13,17H,9-11H2,1-3H3,(H,18,19)(H,20,21)/t13-/m0/s1. The molecule has 0 saturated carbocycles. The van der Waals surface area contributed by atoms with Crippen LogP contribution in [0.1, 0.15) is 32.8 Å². The molecule has 1 rings (SSSR count). The molecule has 0 saturated heterocycles. The molecule has 116 valence electrons. The molecule has 0 radical (unpaired) electrons. The molecule has 21 heavy (non-hydrogen) atoms. The number of hydrogen-bond donors (Lipinski definition) is 3. The van der Waals surface area contributed by atoms with E-state index >= 15 is 0 Å². The second kappa shape index (κ2) is 7.78.